The van der Waals surface area contributed by atoms with E-state index in [0.717, 1.165) is 12.8 Å². The zero-order chi connectivity index (χ0) is 21.4. The van der Waals surface area contributed by atoms with Gasteiger partial charge in [-0.1, -0.05) is 0 Å². The summed E-state index contributed by atoms with van der Waals surface area (Å²) < 4.78 is 0. The highest BCUT2D eigenvalue weighted by atomic mass is 17.2. The van der Waals surface area contributed by atoms with Gasteiger partial charge in [0.2, 0.25) is 0 Å². The molecule has 0 atom stereocenters. The maximum atomic E-state index is 7.90. The van der Waals surface area contributed by atoms with Crippen LogP contribution in [0.2, 0.25) is 0 Å². The van der Waals surface area contributed by atoms with Crippen molar-refractivity contribution in [2.24, 2.45) is 0 Å². The molecular formula is C20H44O6. The van der Waals surface area contributed by atoms with E-state index < -0.39 is 5.60 Å². The second kappa shape index (κ2) is 10.3. The Hall–Kier alpha value is -0.240. The summed E-state index contributed by atoms with van der Waals surface area (Å²) in [4.78, 5) is 25.8. The summed E-state index contributed by atoms with van der Waals surface area (Å²) in [6.07, 6.45) is 1.62. The molecule has 0 rings (SSSR count). The molecule has 0 saturated heterocycles. The minimum Gasteiger partial charge on any atom is -0.251 e. The van der Waals surface area contributed by atoms with Gasteiger partial charge in [-0.15, -0.1) is 0 Å². The molecule has 0 aromatic carbocycles. The summed E-state index contributed by atoms with van der Waals surface area (Å²) >= 11 is 0. The standard InChI is InChI=1S/C16H34O4.C4H10O2/c1-13(2,3)17-19-15(7,8)11-12-16(9,10)20-18-14(4,5)6;1-4(2,3)6-5/h11-12H2,1-10H3;5H,1-3H3. The van der Waals surface area contributed by atoms with Crippen LogP contribution in [0.4, 0.5) is 0 Å². The fourth-order valence-corrected chi connectivity index (χ4v) is 1.16. The summed E-state index contributed by atoms with van der Waals surface area (Å²) in [6, 6.07) is 0. The van der Waals surface area contributed by atoms with E-state index in [-0.39, 0.29) is 22.4 Å². The van der Waals surface area contributed by atoms with Gasteiger partial charge in [0.05, 0.1) is 28.0 Å². The molecule has 0 radical (unpaired) electrons. The van der Waals surface area contributed by atoms with Gasteiger partial charge in [0, 0.05) is 0 Å². The van der Waals surface area contributed by atoms with Crippen molar-refractivity contribution in [3.05, 3.63) is 0 Å². The molecule has 6 nitrogen and oxygen atoms in total. The fourth-order valence-electron chi connectivity index (χ4n) is 1.16. The highest BCUT2D eigenvalue weighted by Gasteiger charge is 2.30. The summed E-state index contributed by atoms with van der Waals surface area (Å²) in [5.74, 6) is 0. The molecule has 0 fully saturated rings. The Morgan fingerprint density at radius 2 is 0.692 bits per heavy atom. The van der Waals surface area contributed by atoms with E-state index in [1.165, 1.54) is 0 Å². The van der Waals surface area contributed by atoms with Crippen molar-refractivity contribution >= 4 is 0 Å². The van der Waals surface area contributed by atoms with Gasteiger partial charge in [-0.3, -0.25) is 5.26 Å². The van der Waals surface area contributed by atoms with Gasteiger partial charge in [-0.2, -0.15) is 0 Å². The van der Waals surface area contributed by atoms with Crippen LogP contribution in [-0.4, -0.2) is 33.3 Å². The van der Waals surface area contributed by atoms with Gasteiger partial charge in [0.25, 0.3) is 0 Å². The molecule has 6 heteroatoms. The highest BCUT2D eigenvalue weighted by molar-refractivity contribution is 4.75. The number of hydrogen-bond acceptors (Lipinski definition) is 6. The molecule has 0 bridgehead atoms. The molecule has 0 spiro atoms. The first-order valence-corrected chi connectivity index (χ1v) is 9.24. The van der Waals surface area contributed by atoms with Gasteiger partial charge < -0.3 is 0 Å². The van der Waals surface area contributed by atoms with Gasteiger partial charge in [0.1, 0.15) is 0 Å². The van der Waals surface area contributed by atoms with E-state index in [2.05, 4.69) is 4.89 Å². The van der Waals surface area contributed by atoms with E-state index in [1.807, 2.05) is 69.2 Å². The monoisotopic (exact) mass is 380 g/mol. The molecule has 0 aromatic heterocycles. The second-order valence-corrected chi connectivity index (χ2v) is 10.8. The van der Waals surface area contributed by atoms with Gasteiger partial charge in [-0.25, -0.2) is 24.4 Å². The maximum Gasteiger partial charge on any atom is 0.0981 e. The summed E-state index contributed by atoms with van der Waals surface area (Å²) in [5.41, 5.74) is -1.75. The number of hydrogen-bond donors (Lipinski definition) is 1. The third kappa shape index (κ3) is 21.8. The average molecular weight is 381 g/mol. The third-order valence-corrected chi connectivity index (χ3v) is 2.64. The van der Waals surface area contributed by atoms with Crippen molar-refractivity contribution in [2.75, 3.05) is 0 Å². The van der Waals surface area contributed by atoms with Crippen LogP contribution in [-0.2, 0) is 24.4 Å². The summed E-state index contributed by atoms with van der Waals surface area (Å²) in [6.45, 7) is 25.2. The minimum absolute atomic E-state index is 0.307. The van der Waals surface area contributed by atoms with Crippen LogP contribution in [0.15, 0.2) is 0 Å². The molecule has 0 aliphatic rings. The quantitative estimate of drug-likeness (QED) is 0.426. The summed E-state index contributed by atoms with van der Waals surface area (Å²) in [7, 11) is 0. The topological polar surface area (TPSA) is 66.4 Å². The third-order valence-electron chi connectivity index (χ3n) is 2.64. The van der Waals surface area contributed by atoms with Crippen LogP contribution >= 0.6 is 0 Å². The Bertz CT molecular complexity index is 339. The van der Waals surface area contributed by atoms with Crippen molar-refractivity contribution in [3.63, 3.8) is 0 Å². The molecule has 160 valence electrons. The Kier molecular flexibility index (Phi) is 11.1. The van der Waals surface area contributed by atoms with Crippen LogP contribution < -0.4 is 0 Å². The lowest BCUT2D eigenvalue weighted by atomic mass is 9.94. The number of rotatable bonds is 7. The van der Waals surface area contributed by atoms with E-state index in [1.54, 1.807) is 20.8 Å². The molecule has 0 amide bonds. The first-order chi connectivity index (χ1) is 11.2. The van der Waals surface area contributed by atoms with Crippen molar-refractivity contribution < 1.29 is 29.7 Å². The van der Waals surface area contributed by atoms with E-state index in [4.69, 9.17) is 24.8 Å². The highest BCUT2D eigenvalue weighted by Crippen LogP contribution is 2.27. The Balaban J connectivity index is 0. The van der Waals surface area contributed by atoms with Crippen LogP contribution in [0.5, 0.6) is 0 Å². The minimum atomic E-state index is -0.403. The lowest BCUT2D eigenvalue weighted by Gasteiger charge is -2.33. The van der Waals surface area contributed by atoms with Crippen molar-refractivity contribution in [2.45, 2.75) is 131 Å². The molecule has 0 aliphatic carbocycles. The zero-order valence-corrected chi connectivity index (χ0v) is 19.4. The first-order valence-electron chi connectivity index (χ1n) is 9.24. The van der Waals surface area contributed by atoms with Crippen LogP contribution in [0, 0.1) is 0 Å². The molecule has 0 unspecified atom stereocenters. The molecule has 1 N–H and O–H groups in total. The normalized spacial score (nSPS) is 14.1. The predicted octanol–water partition coefficient (Wildman–Crippen LogP) is 6.09. The van der Waals surface area contributed by atoms with E-state index in [9.17, 15) is 0 Å². The molecule has 0 saturated carbocycles. The van der Waals surface area contributed by atoms with Crippen LogP contribution in [0.3, 0.4) is 0 Å². The van der Waals surface area contributed by atoms with Gasteiger partial charge in [0.15, 0.2) is 0 Å². The van der Waals surface area contributed by atoms with Crippen molar-refractivity contribution in [1.82, 2.24) is 0 Å². The largest absolute Gasteiger partial charge is 0.251 e. The Morgan fingerprint density at radius 3 is 0.846 bits per heavy atom. The average Bonchev–Trinajstić information content (AvgIpc) is 2.40. The van der Waals surface area contributed by atoms with Gasteiger partial charge >= 0.3 is 0 Å². The fraction of sp³-hybridized carbons (Fsp3) is 1.00. The van der Waals surface area contributed by atoms with E-state index >= 15 is 0 Å². The predicted molar refractivity (Wildman–Crippen MR) is 105 cm³/mol. The maximum absolute atomic E-state index is 7.90. The first kappa shape index (κ1) is 28.0. The molecular weight excluding hydrogens is 336 g/mol. The van der Waals surface area contributed by atoms with Crippen molar-refractivity contribution in [1.29, 1.82) is 0 Å². The van der Waals surface area contributed by atoms with Crippen LogP contribution in [0.1, 0.15) is 103 Å². The lowest BCUT2D eigenvalue weighted by molar-refractivity contribution is -0.410. The van der Waals surface area contributed by atoms with Crippen LogP contribution in [0.25, 0.3) is 0 Å². The molecule has 26 heavy (non-hydrogen) atoms. The Labute approximate surface area is 161 Å². The van der Waals surface area contributed by atoms with Crippen molar-refractivity contribution in [3.8, 4) is 0 Å². The van der Waals surface area contributed by atoms with E-state index in [0.29, 0.717) is 0 Å². The van der Waals surface area contributed by atoms with Gasteiger partial charge in [-0.05, 0) is 103 Å². The molecule has 0 aromatic rings. The Morgan fingerprint density at radius 1 is 0.462 bits per heavy atom. The second-order valence-electron chi connectivity index (χ2n) is 10.8. The smallest absolute Gasteiger partial charge is 0.0981 e. The molecule has 0 aliphatic heterocycles. The summed E-state index contributed by atoms with van der Waals surface area (Å²) in [5, 5.41) is 7.90. The lowest BCUT2D eigenvalue weighted by Crippen LogP contribution is -2.35. The zero-order valence-electron chi connectivity index (χ0n) is 19.4. The SMILES string of the molecule is CC(C)(C)OO.CC(C)(C)OOC(C)(C)CCC(C)(C)OOC(C)(C)C. The molecule has 0 heterocycles.